The molecular formula is C19H15N7. The fourth-order valence-electron chi connectivity index (χ4n) is 3.21. The van der Waals surface area contributed by atoms with Crippen LogP contribution in [0.2, 0.25) is 0 Å². The van der Waals surface area contributed by atoms with Gasteiger partial charge in [-0.25, -0.2) is 19.9 Å². The second-order valence-corrected chi connectivity index (χ2v) is 6.11. The van der Waals surface area contributed by atoms with E-state index in [2.05, 4.69) is 19.9 Å². The first-order chi connectivity index (χ1) is 12.7. The molecule has 126 valence electrons. The lowest BCUT2D eigenvalue weighted by atomic mass is 10.1. The van der Waals surface area contributed by atoms with Gasteiger partial charge in [-0.15, -0.1) is 0 Å². The molecule has 3 N–H and O–H groups in total. The first kappa shape index (κ1) is 14.6. The third kappa shape index (κ3) is 2.21. The van der Waals surface area contributed by atoms with Crippen LogP contribution >= 0.6 is 0 Å². The summed E-state index contributed by atoms with van der Waals surface area (Å²) in [6.07, 6.45) is 3.38. The monoisotopic (exact) mass is 341 g/mol. The van der Waals surface area contributed by atoms with Gasteiger partial charge >= 0.3 is 0 Å². The summed E-state index contributed by atoms with van der Waals surface area (Å²) in [4.78, 5) is 21.0. The van der Waals surface area contributed by atoms with E-state index in [4.69, 9.17) is 10.7 Å². The zero-order valence-electron chi connectivity index (χ0n) is 14.0. The van der Waals surface area contributed by atoms with Gasteiger partial charge in [0.1, 0.15) is 17.2 Å². The number of aromatic amines is 1. The average Bonchev–Trinajstić information content (AvgIpc) is 3.23. The summed E-state index contributed by atoms with van der Waals surface area (Å²) >= 11 is 0. The van der Waals surface area contributed by atoms with E-state index in [9.17, 15) is 0 Å². The highest BCUT2D eigenvalue weighted by Gasteiger charge is 2.13. The van der Waals surface area contributed by atoms with Crippen LogP contribution in [0, 0.1) is 6.92 Å². The Labute approximate surface area is 148 Å². The van der Waals surface area contributed by atoms with Gasteiger partial charge in [-0.05, 0) is 49.4 Å². The standard InChI is InChI=1S/C19H15N7/c1-11-24-16-5-4-14(12-6-7-21-18(20)8-12)25-19(16)26(11)13-2-3-15-17(9-13)23-10-22-15/h2-10H,1H3,(H2,20,21)(H,22,23). The third-order valence-electron chi connectivity index (χ3n) is 4.41. The normalized spacial score (nSPS) is 11.4. The third-order valence-corrected chi connectivity index (χ3v) is 4.41. The molecule has 0 aliphatic rings. The molecular weight excluding hydrogens is 326 g/mol. The highest BCUT2D eigenvalue weighted by atomic mass is 15.1. The van der Waals surface area contributed by atoms with Gasteiger partial charge in [0.2, 0.25) is 0 Å². The van der Waals surface area contributed by atoms with Crippen LogP contribution < -0.4 is 5.73 Å². The smallest absolute Gasteiger partial charge is 0.165 e. The van der Waals surface area contributed by atoms with Crippen molar-refractivity contribution in [1.82, 2.24) is 29.5 Å². The molecule has 7 heteroatoms. The number of nitrogen functional groups attached to an aromatic ring is 1. The Balaban J connectivity index is 1.74. The van der Waals surface area contributed by atoms with Crippen molar-refractivity contribution in [3.05, 3.63) is 60.8 Å². The van der Waals surface area contributed by atoms with Crippen LogP contribution in [0.4, 0.5) is 5.82 Å². The number of H-pyrrole nitrogens is 1. The first-order valence-electron chi connectivity index (χ1n) is 8.20. The number of nitrogens with two attached hydrogens (primary N) is 1. The van der Waals surface area contributed by atoms with Gasteiger partial charge in [-0.1, -0.05) is 0 Å². The van der Waals surface area contributed by atoms with Crippen LogP contribution in [0.15, 0.2) is 55.0 Å². The van der Waals surface area contributed by atoms with E-state index in [0.717, 1.165) is 45.0 Å². The molecule has 4 heterocycles. The zero-order chi connectivity index (χ0) is 17.7. The van der Waals surface area contributed by atoms with Crippen LogP contribution in [0.1, 0.15) is 5.82 Å². The molecule has 5 rings (SSSR count). The number of hydrogen-bond acceptors (Lipinski definition) is 5. The molecule has 0 aliphatic heterocycles. The summed E-state index contributed by atoms with van der Waals surface area (Å²) in [5, 5.41) is 0. The molecule has 0 radical (unpaired) electrons. The minimum absolute atomic E-state index is 0.470. The molecule has 0 saturated carbocycles. The molecule has 4 aromatic heterocycles. The minimum atomic E-state index is 0.470. The van der Waals surface area contributed by atoms with Crippen molar-refractivity contribution >= 4 is 28.0 Å². The van der Waals surface area contributed by atoms with Gasteiger partial charge in [0.25, 0.3) is 0 Å². The molecule has 7 nitrogen and oxygen atoms in total. The van der Waals surface area contributed by atoms with E-state index < -0.39 is 0 Å². The first-order valence-corrected chi connectivity index (χ1v) is 8.20. The highest BCUT2D eigenvalue weighted by Crippen LogP contribution is 2.25. The number of imidazole rings is 2. The Morgan fingerprint density at radius 2 is 1.88 bits per heavy atom. The van der Waals surface area contributed by atoms with Crippen molar-refractivity contribution in [2.45, 2.75) is 6.92 Å². The Hall–Kier alpha value is -3.74. The van der Waals surface area contributed by atoms with Gasteiger partial charge in [-0.2, -0.15) is 0 Å². The predicted octanol–water partition coefficient (Wildman–Crippen LogP) is 3.25. The molecule has 0 aliphatic carbocycles. The lowest BCUT2D eigenvalue weighted by Crippen LogP contribution is -1.99. The van der Waals surface area contributed by atoms with Crippen molar-refractivity contribution < 1.29 is 0 Å². The van der Waals surface area contributed by atoms with Crippen molar-refractivity contribution in [2.24, 2.45) is 0 Å². The number of rotatable bonds is 2. The maximum absolute atomic E-state index is 5.81. The minimum Gasteiger partial charge on any atom is -0.384 e. The van der Waals surface area contributed by atoms with E-state index in [1.54, 1.807) is 12.5 Å². The molecule has 0 atom stereocenters. The number of anilines is 1. The fraction of sp³-hybridized carbons (Fsp3) is 0.0526. The molecule has 0 spiro atoms. The number of nitrogens with zero attached hydrogens (tertiary/aromatic N) is 5. The molecule has 26 heavy (non-hydrogen) atoms. The Bertz CT molecular complexity index is 1270. The van der Waals surface area contributed by atoms with Crippen LogP contribution in [-0.2, 0) is 0 Å². The lowest BCUT2D eigenvalue weighted by molar-refractivity contribution is 0.989. The second kappa shape index (κ2) is 5.38. The van der Waals surface area contributed by atoms with Crippen molar-refractivity contribution in [3.8, 4) is 16.9 Å². The topological polar surface area (TPSA) is 98.3 Å². The summed E-state index contributed by atoms with van der Waals surface area (Å²) in [6.45, 7) is 1.97. The molecule has 0 bridgehead atoms. The van der Waals surface area contributed by atoms with Gasteiger partial charge in [-0.3, -0.25) is 4.57 Å². The van der Waals surface area contributed by atoms with Crippen molar-refractivity contribution in [2.75, 3.05) is 5.73 Å². The number of fused-ring (bicyclic) bond motifs is 2. The van der Waals surface area contributed by atoms with Crippen molar-refractivity contribution in [1.29, 1.82) is 0 Å². The summed E-state index contributed by atoms with van der Waals surface area (Å²) in [5.41, 5.74) is 12.1. The van der Waals surface area contributed by atoms with E-state index in [1.807, 2.05) is 54.0 Å². The molecule has 5 aromatic rings. The number of benzene rings is 1. The summed E-state index contributed by atoms with van der Waals surface area (Å²) in [5.74, 6) is 1.34. The zero-order valence-corrected chi connectivity index (χ0v) is 14.0. The summed E-state index contributed by atoms with van der Waals surface area (Å²) in [6, 6.07) is 13.7. The number of nitrogens with one attached hydrogen (secondary N) is 1. The molecule has 0 amide bonds. The molecule has 0 unspecified atom stereocenters. The summed E-state index contributed by atoms with van der Waals surface area (Å²) < 4.78 is 2.04. The number of aromatic nitrogens is 6. The van der Waals surface area contributed by atoms with Gasteiger partial charge in [0, 0.05) is 11.8 Å². The Morgan fingerprint density at radius 1 is 0.962 bits per heavy atom. The largest absolute Gasteiger partial charge is 0.384 e. The average molecular weight is 341 g/mol. The van der Waals surface area contributed by atoms with Gasteiger partial charge < -0.3 is 10.7 Å². The van der Waals surface area contributed by atoms with E-state index >= 15 is 0 Å². The van der Waals surface area contributed by atoms with Crippen LogP contribution in [-0.4, -0.2) is 29.5 Å². The molecule has 0 saturated heterocycles. The van der Waals surface area contributed by atoms with Crippen LogP contribution in [0.3, 0.4) is 0 Å². The second-order valence-electron chi connectivity index (χ2n) is 6.11. The Kier molecular flexibility index (Phi) is 3.02. The van der Waals surface area contributed by atoms with Crippen LogP contribution in [0.5, 0.6) is 0 Å². The summed E-state index contributed by atoms with van der Waals surface area (Å²) in [7, 11) is 0. The lowest BCUT2D eigenvalue weighted by Gasteiger charge is -2.07. The number of hydrogen-bond donors (Lipinski definition) is 2. The molecule has 1 aromatic carbocycles. The van der Waals surface area contributed by atoms with Crippen LogP contribution in [0.25, 0.3) is 39.1 Å². The Morgan fingerprint density at radius 3 is 2.77 bits per heavy atom. The SMILES string of the molecule is Cc1nc2ccc(-c3ccnc(N)c3)nc2n1-c1ccc2[nH]cnc2c1. The van der Waals surface area contributed by atoms with Gasteiger partial charge in [0.05, 0.1) is 28.7 Å². The number of pyridine rings is 2. The van der Waals surface area contributed by atoms with E-state index in [1.165, 1.54) is 0 Å². The van der Waals surface area contributed by atoms with E-state index in [-0.39, 0.29) is 0 Å². The maximum atomic E-state index is 5.81. The fourth-order valence-corrected chi connectivity index (χ4v) is 3.21. The highest BCUT2D eigenvalue weighted by molar-refractivity contribution is 5.81. The molecule has 0 fully saturated rings. The van der Waals surface area contributed by atoms with Crippen molar-refractivity contribution in [3.63, 3.8) is 0 Å². The van der Waals surface area contributed by atoms with E-state index in [0.29, 0.717) is 5.82 Å². The quantitative estimate of drug-likeness (QED) is 0.513. The van der Waals surface area contributed by atoms with Gasteiger partial charge in [0.15, 0.2) is 5.65 Å². The predicted molar refractivity (Wildman–Crippen MR) is 101 cm³/mol. The number of aryl methyl sites for hydroxylation is 1. The maximum Gasteiger partial charge on any atom is 0.165 e.